The van der Waals surface area contributed by atoms with Crippen LogP contribution in [0.2, 0.25) is 0 Å². The van der Waals surface area contributed by atoms with Gasteiger partial charge in [-0.2, -0.15) is 0 Å². The van der Waals surface area contributed by atoms with Crippen molar-refractivity contribution < 1.29 is 0 Å². The summed E-state index contributed by atoms with van der Waals surface area (Å²) in [6, 6.07) is 0. The maximum atomic E-state index is 3.40. The summed E-state index contributed by atoms with van der Waals surface area (Å²) in [6.07, 6.45) is 3.62. The van der Waals surface area contributed by atoms with Crippen LogP contribution in [-0.2, 0) is 0 Å². The molecule has 82 valence electrons. The molecular weight excluding hydrogens is 172 g/mol. The van der Waals surface area contributed by atoms with Crippen LogP contribution >= 0.6 is 0 Å². The molecule has 0 spiro atoms. The number of nitrogens with one attached hydrogen (secondary N) is 1. The predicted molar refractivity (Wildman–Crippen MR) is 62.5 cm³/mol. The molecule has 0 radical (unpaired) electrons. The molecule has 1 N–H and O–H groups in total. The Hall–Kier alpha value is -0.340. The lowest BCUT2D eigenvalue weighted by atomic mass is 10.1. The van der Waals surface area contributed by atoms with E-state index >= 15 is 0 Å². The average Bonchev–Trinajstić information content (AvgIpc) is 2.18. The van der Waals surface area contributed by atoms with E-state index in [1.54, 1.807) is 5.57 Å². The molecule has 14 heavy (non-hydrogen) atoms. The fourth-order valence-corrected chi connectivity index (χ4v) is 1.87. The average molecular weight is 196 g/mol. The molecule has 0 amide bonds. The Kier molecular flexibility index (Phi) is 5.20. The molecule has 1 atom stereocenters. The van der Waals surface area contributed by atoms with E-state index in [1.807, 2.05) is 0 Å². The van der Waals surface area contributed by atoms with Crippen molar-refractivity contribution in [1.29, 1.82) is 0 Å². The molecular formula is C12H24N2. The van der Waals surface area contributed by atoms with E-state index in [-0.39, 0.29) is 0 Å². The molecule has 0 bridgehead atoms. The van der Waals surface area contributed by atoms with Gasteiger partial charge in [-0.25, -0.2) is 0 Å². The largest absolute Gasteiger partial charge is 0.317 e. The van der Waals surface area contributed by atoms with E-state index in [1.165, 1.54) is 19.5 Å². The molecule has 2 nitrogen and oxygen atoms in total. The van der Waals surface area contributed by atoms with E-state index < -0.39 is 0 Å². The maximum Gasteiger partial charge on any atom is 0.0165 e. The van der Waals surface area contributed by atoms with Gasteiger partial charge in [0, 0.05) is 19.6 Å². The highest BCUT2D eigenvalue weighted by atomic mass is 15.1. The summed E-state index contributed by atoms with van der Waals surface area (Å²) in [6.45, 7) is 12.6. The van der Waals surface area contributed by atoms with Crippen molar-refractivity contribution in [2.75, 3.05) is 32.7 Å². The minimum atomic E-state index is 0.766. The first-order valence-corrected chi connectivity index (χ1v) is 5.81. The van der Waals surface area contributed by atoms with E-state index in [0.717, 1.165) is 25.6 Å². The summed E-state index contributed by atoms with van der Waals surface area (Å²) >= 11 is 0. The molecule has 0 aromatic carbocycles. The predicted octanol–water partition coefficient (Wildman–Crippen LogP) is 1.88. The lowest BCUT2D eigenvalue weighted by molar-refractivity contribution is 0.251. The summed E-state index contributed by atoms with van der Waals surface area (Å²) in [5, 5.41) is 3.40. The van der Waals surface area contributed by atoms with Crippen molar-refractivity contribution in [1.82, 2.24) is 10.2 Å². The van der Waals surface area contributed by atoms with Crippen LogP contribution in [0.3, 0.4) is 0 Å². The summed E-state index contributed by atoms with van der Waals surface area (Å²) in [4.78, 5) is 2.55. The van der Waals surface area contributed by atoms with Gasteiger partial charge in [0.2, 0.25) is 0 Å². The zero-order valence-corrected chi connectivity index (χ0v) is 9.84. The summed E-state index contributed by atoms with van der Waals surface area (Å²) in [5.74, 6) is 0.766. The van der Waals surface area contributed by atoms with Gasteiger partial charge in [-0.1, -0.05) is 25.5 Å². The Labute approximate surface area is 88.4 Å². The van der Waals surface area contributed by atoms with Gasteiger partial charge in [-0.15, -0.1) is 0 Å². The molecule has 1 aliphatic heterocycles. The summed E-state index contributed by atoms with van der Waals surface area (Å²) in [5.41, 5.74) is 1.56. The first-order chi connectivity index (χ1) is 6.72. The second kappa shape index (κ2) is 6.20. The van der Waals surface area contributed by atoms with Crippen LogP contribution in [0.25, 0.3) is 0 Å². The molecule has 1 heterocycles. The number of nitrogens with zero attached hydrogens (tertiary/aromatic N) is 1. The lowest BCUT2D eigenvalue weighted by Gasteiger charge is -2.28. The molecule has 0 saturated heterocycles. The van der Waals surface area contributed by atoms with E-state index in [9.17, 15) is 0 Å². The first kappa shape index (κ1) is 11.7. The monoisotopic (exact) mass is 196 g/mol. The van der Waals surface area contributed by atoms with Crippen LogP contribution in [0, 0.1) is 5.92 Å². The molecule has 1 unspecified atom stereocenters. The fourth-order valence-electron chi connectivity index (χ4n) is 1.87. The topological polar surface area (TPSA) is 15.3 Å². The van der Waals surface area contributed by atoms with Crippen LogP contribution in [-0.4, -0.2) is 37.6 Å². The number of rotatable bonds is 5. The van der Waals surface area contributed by atoms with E-state index in [2.05, 4.69) is 37.1 Å². The van der Waals surface area contributed by atoms with Crippen LogP contribution in [0.4, 0.5) is 0 Å². The second-order valence-corrected chi connectivity index (χ2v) is 4.47. The molecule has 0 fully saturated rings. The third-order valence-corrected chi connectivity index (χ3v) is 2.83. The Balaban J connectivity index is 2.18. The van der Waals surface area contributed by atoms with Crippen LogP contribution in [0.1, 0.15) is 27.2 Å². The molecule has 1 aliphatic rings. The standard InChI is InChI=1S/C12H24N2/c1-4-13-9-12(3)10-14-7-5-11(2)6-8-14/h5,12-13H,4,6-10H2,1-3H3. The fraction of sp³-hybridized carbons (Fsp3) is 0.833. The second-order valence-electron chi connectivity index (χ2n) is 4.47. The van der Waals surface area contributed by atoms with Crippen molar-refractivity contribution in [2.24, 2.45) is 5.92 Å². The highest BCUT2D eigenvalue weighted by Crippen LogP contribution is 2.10. The number of hydrogen-bond donors (Lipinski definition) is 1. The Bertz CT molecular complexity index is 187. The Morgan fingerprint density at radius 1 is 1.57 bits per heavy atom. The van der Waals surface area contributed by atoms with Crippen molar-refractivity contribution in [3.05, 3.63) is 11.6 Å². The molecule has 0 aliphatic carbocycles. The van der Waals surface area contributed by atoms with Gasteiger partial charge < -0.3 is 5.32 Å². The molecule has 0 saturated carbocycles. The minimum Gasteiger partial charge on any atom is -0.317 e. The number of hydrogen-bond acceptors (Lipinski definition) is 2. The van der Waals surface area contributed by atoms with Gasteiger partial charge in [0.1, 0.15) is 0 Å². The lowest BCUT2D eigenvalue weighted by Crippen LogP contribution is -2.35. The van der Waals surface area contributed by atoms with Gasteiger partial charge in [0.05, 0.1) is 0 Å². The minimum absolute atomic E-state index is 0.766. The summed E-state index contributed by atoms with van der Waals surface area (Å²) < 4.78 is 0. The van der Waals surface area contributed by atoms with Gasteiger partial charge in [0.25, 0.3) is 0 Å². The highest BCUT2D eigenvalue weighted by molar-refractivity contribution is 5.03. The van der Waals surface area contributed by atoms with Gasteiger partial charge >= 0.3 is 0 Å². The van der Waals surface area contributed by atoms with E-state index in [4.69, 9.17) is 0 Å². The quantitative estimate of drug-likeness (QED) is 0.675. The van der Waals surface area contributed by atoms with Crippen molar-refractivity contribution >= 4 is 0 Å². The SMILES string of the molecule is CCNCC(C)CN1CC=C(C)CC1. The highest BCUT2D eigenvalue weighted by Gasteiger charge is 2.11. The molecule has 1 rings (SSSR count). The van der Waals surface area contributed by atoms with Crippen molar-refractivity contribution in [3.63, 3.8) is 0 Å². The van der Waals surface area contributed by atoms with Crippen LogP contribution < -0.4 is 5.32 Å². The maximum absolute atomic E-state index is 3.40. The van der Waals surface area contributed by atoms with Gasteiger partial charge in [0.15, 0.2) is 0 Å². The zero-order chi connectivity index (χ0) is 10.4. The third kappa shape index (κ3) is 4.25. The zero-order valence-electron chi connectivity index (χ0n) is 9.84. The molecule has 2 heteroatoms. The smallest absolute Gasteiger partial charge is 0.0165 e. The Morgan fingerprint density at radius 3 is 2.93 bits per heavy atom. The molecule has 0 aromatic heterocycles. The Morgan fingerprint density at radius 2 is 2.36 bits per heavy atom. The summed E-state index contributed by atoms with van der Waals surface area (Å²) in [7, 11) is 0. The van der Waals surface area contributed by atoms with Crippen molar-refractivity contribution in [3.8, 4) is 0 Å². The van der Waals surface area contributed by atoms with Crippen molar-refractivity contribution in [2.45, 2.75) is 27.2 Å². The first-order valence-electron chi connectivity index (χ1n) is 5.81. The van der Waals surface area contributed by atoms with Gasteiger partial charge in [-0.3, -0.25) is 4.90 Å². The van der Waals surface area contributed by atoms with Crippen LogP contribution in [0.5, 0.6) is 0 Å². The normalized spacial score (nSPS) is 20.6. The van der Waals surface area contributed by atoms with E-state index in [0.29, 0.717) is 0 Å². The molecule has 0 aromatic rings. The van der Waals surface area contributed by atoms with Gasteiger partial charge in [-0.05, 0) is 32.4 Å². The van der Waals surface area contributed by atoms with Crippen LogP contribution in [0.15, 0.2) is 11.6 Å². The third-order valence-electron chi connectivity index (χ3n) is 2.83.